The first-order chi connectivity index (χ1) is 6.70. The summed E-state index contributed by atoms with van der Waals surface area (Å²) in [6, 6.07) is 0. The first-order valence-electron chi connectivity index (χ1n) is 5.84. The van der Waals surface area contributed by atoms with Crippen LogP contribution in [0.3, 0.4) is 0 Å². The third-order valence-electron chi connectivity index (χ3n) is 3.30. The van der Waals surface area contributed by atoms with E-state index in [2.05, 4.69) is 29.8 Å². The molecule has 0 bridgehead atoms. The fourth-order valence-corrected chi connectivity index (χ4v) is 2.98. The predicted octanol–water partition coefficient (Wildman–Crippen LogP) is 4.00. The van der Waals surface area contributed by atoms with Crippen LogP contribution in [0.1, 0.15) is 46.0 Å². The number of ether oxygens (including phenoxy) is 1. The molecule has 1 heterocycles. The molecule has 1 saturated heterocycles. The third-order valence-corrected chi connectivity index (χ3v) is 4.65. The van der Waals surface area contributed by atoms with E-state index in [1.807, 2.05) is 0 Å². The summed E-state index contributed by atoms with van der Waals surface area (Å²) in [5.41, 5.74) is 0.511. The van der Waals surface area contributed by atoms with Gasteiger partial charge in [0.25, 0.3) is 0 Å². The van der Waals surface area contributed by atoms with Gasteiger partial charge in [-0.05, 0) is 37.0 Å². The van der Waals surface area contributed by atoms with Crippen molar-refractivity contribution in [3.8, 4) is 0 Å². The van der Waals surface area contributed by atoms with Crippen LogP contribution in [0.2, 0.25) is 0 Å². The first kappa shape index (κ1) is 12.5. The topological polar surface area (TPSA) is 9.23 Å². The van der Waals surface area contributed by atoms with E-state index in [0.717, 1.165) is 24.5 Å². The number of rotatable bonds is 5. The quantitative estimate of drug-likeness (QED) is 0.681. The summed E-state index contributed by atoms with van der Waals surface area (Å²) in [6.45, 7) is 6.66. The smallest absolute Gasteiger partial charge is 0.0468 e. The molecular weight excluding hydrogens is 240 g/mol. The van der Waals surface area contributed by atoms with Crippen molar-refractivity contribution in [2.75, 3.05) is 18.5 Å². The van der Waals surface area contributed by atoms with Crippen LogP contribution in [-0.4, -0.2) is 18.5 Å². The average Bonchev–Trinajstić information content (AvgIpc) is 2.20. The summed E-state index contributed by atoms with van der Waals surface area (Å²) >= 11 is 3.67. The summed E-state index contributed by atoms with van der Waals surface area (Å²) in [5, 5.41) is 1.14. The molecule has 0 amide bonds. The lowest BCUT2D eigenvalue weighted by molar-refractivity contribution is 0.0508. The Balaban J connectivity index is 2.37. The normalized spacial score (nSPS) is 23.4. The maximum Gasteiger partial charge on any atom is 0.0468 e. The number of halogens is 1. The van der Waals surface area contributed by atoms with Crippen molar-refractivity contribution >= 4 is 15.9 Å². The number of alkyl halides is 1. The highest BCUT2D eigenvalue weighted by Crippen LogP contribution is 2.36. The van der Waals surface area contributed by atoms with E-state index < -0.39 is 0 Å². The Morgan fingerprint density at radius 3 is 2.50 bits per heavy atom. The predicted molar refractivity (Wildman–Crippen MR) is 65.0 cm³/mol. The summed E-state index contributed by atoms with van der Waals surface area (Å²) in [4.78, 5) is 0. The standard InChI is InChI=1S/C12H23BrO/c1-3-6-12(2,10-13)9-11-4-7-14-8-5-11/h11H,3-10H2,1-2H3. The molecule has 0 aromatic rings. The minimum absolute atomic E-state index is 0.511. The maximum absolute atomic E-state index is 5.40. The minimum Gasteiger partial charge on any atom is -0.381 e. The molecule has 0 aromatic heterocycles. The second kappa shape index (κ2) is 6.12. The van der Waals surface area contributed by atoms with Gasteiger partial charge in [0.2, 0.25) is 0 Å². The second-order valence-electron chi connectivity index (χ2n) is 4.95. The van der Waals surface area contributed by atoms with E-state index in [9.17, 15) is 0 Å². The molecule has 1 atom stereocenters. The van der Waals surface area contributed by atoms with Crippen LogP contribution in [0.15, 0.2) is 0 Å². The fraction of sp³-hybridized carbons (Fsp3) is 1.00. The lowest BCUT2D eigenvalue weighted by Gasteiger charge is -2.33. The van der Waals surface area contributed by atoms with E-state index in [1.54, 1.807) is 0 Å². The zero-order chi connectivity index (χ0) is 10.4. The zero-order valence-corrected chi connectivity index (χ0v) is 11.1. The Bertz CT molecular complexity index is 154. The van der Waals surface area contributed by atoms with Gasteiger partial charge in [-0.15, -0.1) is 0 Å². The molecule has 1 rings (SSSR count). The van der Waals surface area contributed by atoms with Gasteiger partial charge in [-0.1, -0.05) is 36.2 Å². The van der Waals surface area contributed by atoms with Crippen LogP contribution in [-0.2, 0) is 4.74 Å². The summed E-state index contributed by atoms with van der Waals surface area (Å²) in [6.07, 6.45) is 6.55. The van der Waals surface area contributed by atoms with Crippen LogP contribution in [0.4, 0.5) is 0 Å². The lowest BCUT2D eigenvalue weighted by Crippen LogP contribution is -2.26. The zero-order valence-electron chi connectivity index (χ0n) is 9.52. The van der Waals surface area contributed by atoms with E-state index in [4.69, 9.17) is 4.74 Å². The molecule has 1 aliphatic rings. The van der Waals surface area contributed by atoms with Gasteiger partial charge in [-0.25, -0.2) is 0 Å². The maximum atomic E-state index is 5.40. The molecule has 0 saturated carbocycles. The molecule has 1 unspecified atom stereocenters. The van der Waals surface area contributed by atoms with E-state index in [1.165, 1.54) is 32.1 Å². The van der Waals surface area contributed by atoms with E-state index in [-0.39, 0.29) is 0 Å². The molecule has 1 aliphatic heterocycles. The van der Waals surface area contributed by atoms with Crippen LogP contribution < -0.4 is 0 Å². The molecule has 1 fully saturated rings. The molecule has 0 aromatic carbocycles. The molecular formula is C12H23BrO. The Hall–Kier alpha value is 0.440. The van der Waals surface area contributed by atoms with Gasteiger partial charge in [0.15, 0.2) is 0 Å². The molecule has 0 radical (unpaired) electrons. The molecule has 2 heteroatoms. The molecule has 0 aliphatic carbocycles. The summed E-state index contributed by atoms with van der Waals surface area (Å²) < 4.78 is 5.40. The molecule has 84 valence electrons. The van der Waals surface area contributed by atoms with Gasteiger partial charge in [0.05, 0.1) is 0 Å². The van der Waals surface area contributed by atoms with Crippen molar-refractivity contribution in [2.24, 2.45) is 11.3 Å². The Morgan fingerprint density at radius 2 is 2.00 bits per heavy atom. The van der Waals surface area contributed by atoms with Gasteiger partial charge >= 0.3 is 0 Å². The molecule has 14 heavy (non-hydrogen) atoms. The lowest BCUT2D eigenvalue weighted by atomic mass is 9.77. The van der Waals surface area contributed by atoms with Crippen molar-refractivity contribution in [3.63, 3.8) is 0 Å². The van der Waals surface area contributed by atoms with Crippen molar-refractivity contribution in [1.29, 1.82) is 0 Å². The van der Waals surface area contributed by atoms with Crippen LogP contribution in [0.5, 0.6) is 0 Å². The summed E-state index contributed by atoms with van der Waals surface area (Å²) in [5.74, 6) is 0.901. The van der Waals surface area contributed by atoms with Gasteiger partial charge in [-0.3, -0.25) is 0 Å². The Morgan fingerprint density at radius 1 is 1.36 bits per heavy atom. The van der Waals surface area contributed by atoms with Crippen LogP contribution in [0, 0.1) is 11.3 Å². The van der Waals surface area contributed by atoms with Crippen molar-refractivity contribution < 1.29 is 4.74 Å². The van der Waals surface area contributed by atoms with Gasteiger partial charge in [0, 0.05) is 18.5 Å². The molecule has 0 N–H and O–H groups in total. The molecule has 1 nitrogen and oxygen atoms in total. The third kappa shape index (κ3) is 3.90. The van der Waals surface area contributed by atoms with Crippen molar-refractivity contribution in [1.82, 2.24) is 0 Å². The number of hydrogen-bond acceptors (Lipinski definition) is 1. The molecule has 0 spiro atoms. The fourth-order valence-electron chi connectivity index (χ4n) is 2.47. The van der Waals surface area contributed by atoms with Gasteiger partial charge in [0.1, 0.15) is 0 Å². The van der Waals surface area contributed by atoms with E-state index in [0.29, 0.717) is 5.41 Å². The second-order valence-corrected chi connectivity index (χ2v) is 5.51. The SMILES string of the molecule is CCCC(C)(CBr)CC1CCOCC1. The monoisotopic (exact) mass is 262 g/mol. The van der Waals surface area contributed by atoms with E-state index >= 15 is 0 Å². The van der Waals surface area contributed by atoms with Crippen molar-refractivity contribution in [3.05, 3.63) is 0 Å². The highest BCUT2D eigenvalue weighted by Gasteiger charge is 2.27. The first-order valence-corrected chi connectivity index (χ1v) is 6.96. The van der Waals surface area contributed by atoms with Crippen LogP contribution >= 0.6 is 15.9 Å². The van der Waals surface area contributed by atoms with Crippen LogP contribution in [0.25, 0.3) is 0 Å². The van der Waals surface area contributed by atoms with Crippen molar-refractivity contribution in [2.45, 2.75) is 46.0 Å². The largest absolute Gasteiger partial charge is 0.381 e. The average molecular weight is 263 g/mol. The minimum atomic E-state index is 0.511. The highest BCUT2D eigenvalue weighted by molar-refractivity contribution is 9.09. The summed E-state index contributed by atoms with van der Waals surface area (Å²) in [7, 11) is 0. The van der Waals surface area contributed by atoms with Gasteiger partial charge < -0.3 is 4.74 Å². The van der Waals surface area contributed by atoms with Gasteiger partial charge in [-0.2, -0.15) is 0 Å². The highest BCUT2D eigenvalue weighted by atomic mass is 79.9. The Labute approximate surface area is 96.7 Å². The Kier molecular flexibility index (Phi) is 5.47. The number of hydrogen-bond donors (Lipinski definition) is 0.